The molecule has 0 amide bonds. The Balaban J connectivity index is 1.58. The van der Waals surface area contributed by atoms with Gasteiger partial charge in [-0.25, -0.2) is 19.0 Å². The van der Waals surface area contributed by atoms with Crippen molar-refractivity contribution in [3.05, 3.63) is 36.0 Å². The average Bonchev–Trinajstić information content (AvgIpc) is 3.23. The van der Waals surface area contributed by atoms with E-state index in [1.807, 2.05) is 17.8 Å². The number of carboxylic acids is 1. The first-order valence-electron chi connectivity index (χ1n) is 7.83. The lowest BCUT2D eigenvalue weighted by Crippen LogP contribution is -2.35. The number of nitrogens with zero attached hydrogens (tertiary/aromatic N) is 7. The molecule has 0 aromatic carbocycles. The van der Waals surface area contributed by atoms with E-state index >= 15 is 0 Å². The van der Waals surface area contributed by atoms with Crippen LogP contribution >= 0.6 is 0 Å². The lowest BCUT2D eigenvalue weighted by molar-refractivity contribution is 0.0687. The third-order valence-corrected chi connectivity index (χ3v) is 4.39. The van der Waals surface area contributed by atoms with Crippen LogP contribution in [0.5, 0.6) is 0 Å². The fourth-order valence-corrected chi connectivity index (χ4v) is 3.18. The highest BCUT2D eigenvalue weighted by molar-refractivity contribution is 5.87. The smallest absolute Gasteiger partial charge is 0.356 e. The highest BCUT2D eigenvalue weighted by Crippen LogP contribution is 2.27. The number of fused-ring (bicyclic) bond motifs is 1. The molecule has 1 fully saturated rings. The molecule has 9 heteroatoms. The van der Waals surface area contributed by atoms with E-state index in [-0.39, 0.29) is 5.69 Å². The van der Waals surface area contributed by atoms with Crippen LogP contribution in [0, 0.1) is 6.92 Å². The van der Waals surface area contributed by atoms with Crippen LogP contribution in [0.25, 0.3) is 5.52 Å². The van der Waals surface area contributed by atoms with Crippen molar-refractivity contribution in [2.45, 2.75) is 25.8 Å². The Hall–Kier alpha value is -2.97. The summed E-state index contributed by atoms with van der Waals surface area (Å²) in [6, 6.07) is 2.13. The molecular weight excluding hydrogens is 310 g/mol. The number of aromatic carboxylic acids is 1. The van der Waals surface area contributed by atoms with E-state index in [9.17, 15) is 9.90 Å². The molecule has 0 atom stereocenters. The molecule has 124 valence electrons. The summed E-state index contributed by atoms with van der Waals surface area (Å²) in [5.41, 5.74) is 1.70. The minimum atomic E-state index is -1.04. The Bertz CT molecular complexity index is 892. The summed E-state index contributed by atoms with van der Waals surface area (Å²) in [5.74, 6) is -0.270. The minimum Gasteiger partial charge on any atom is -0.476 e. The number of hydrogen-bond donors (Lipinski definition) is 1. The molecule has 24 heavy (non-hydrogen) atoms. The van der Waals surface area contributed by atoms with Gasteiger partial charge in [0.05, 0.1) is 24.1 Å². The van der Waals surface area contributed by atoms with Crippen LogP contribution < -0.4 is 4.90 Å². The Morgan fingerprint density at radius 1 is 1.33 bits per heavy atom. The summed E-state index contributed by atoms with van der Waals surface area (Å²) in [5, 5.41) is 21.6. The van der Waals surface area contributed by atoms with Gasteiger partial charge in [0.25, 0.3) is 0 Å². The first-order valence-corrected chi connectivity index (χ1v) is 7.83. The fraction of sp³-hybridized carbons (Fsp3) is 0.400. The molecule has 4 rings (SSSR count). The quantitative estimate of drug-likeness (QED) is 0.770. The zero-order chi connectivity index (χ0) is 16.7. The second kappa shape index (κ2) is 5.59. The maximum absolute atomic E-state index is 11.3. The second-order valence-corrected chi connectivity index (χ2v) is 5.96. The van der Waals surface area contributed by atoms with Crippen LogP contribution in [0.4, 0.5) is 5.82 Å². The number of hydrogen-bond acceptors (Lipinski definition) is 6. The summed E-state index contributed by atoms with van der Waals surface area (Å²) in [7, 11) is 0. The summed E-state index contributed by atoms with van der Waals surface area (Å²) in [6.45, 7) is 3.58. The summed E-state index contributed by atoms with van der Waals surface area (Å²) < 4.78 is 3.36. The third-order valence-electron chi connectivity index (χ3n) is 4.39. The highest BCUT2D eigenvalue weighted by atomic mass is 16.4. The number of aromatic nitrogens is 6. The molecule has 0 saturated carbocycles. The van der Waals surface area contributed by atoms with Crippen molar-refractivity contribution in [3.63, 3.8) is 0 Å². The van der Waals surface area contributed by atoms with Crippen molar-refractivity contribution in [2.24, 2.45) is 0 Å². The molecule has 9 nitrogen and oxygen atoms in total. The average molecular weight is 327 g/mol. The van der Waals surface area contributed by atoms with Crippen LogP contribution in [0.2, 0.25) is 0 Å². The number of anilines is 1. The largest absolute Gasteiger partial charge is 0.476 e. The van der Waals surface area contributed by atoms with Crippen molar-refractivity contribution >= 4 is 17.3 Å². The van der Waals surface area contributed by atoms with Crippen LogP contribution in [0.1, 0.15) is 35.1 Å². The SMILES string of the molecule is Cc1cn(C2CCN(c3ncc(C(=O)O)n4nccc34)CC2)nn1. The molecule has 1 saturated heterocycles. The van der Waals surface area contributed by atoms with Gasteiger partial charge < -0.3 is 10.0 Å². The van der Waals surface area contributed by atoms with Gasteiger partial charge in [0.15, 0.2) is 11.5 Å². The number of piperidine rings is 1. The van der Waals surface area contributed by atoms with Crippen LogP contribution in [0.15, 0.2) is 24.7 Å². The standard InChI is InChI=1S/C15H17N7O2/c1-10-9-21(19-18-10)11-3-6-20(7-4-11)14-12-2-5-17-22(12)13(8-16-14)15(23)24/h2,5,8-9,11H,3-4,6-7H2,1H3,(H,23,24). The Labute approximate surface area is 137 Å². The number of rotatable bonds is 3. The number of aryl methyl sites for hydroxylation is 1. The molecule has 4 heterocycles. The predicted octanol–water partition coefficient (Wildman–Crippen LogP) is 1.17. The zero-order valence-electron chi connectivity index (χ0n) is 13.2. The summed E-state index contributed by atoms with van der Waals surface area (Å²) in [4.78, 5) is 17.8. The van der Waals surface area contributed by atoms with Gasteiger partial charge in [-0.1, -0.05) is 5.21 Å². The maximum Gasteiger partial charge on any atom is 0.356 e. The van der Waals surface area contributed by atoms with Crippen LogP contribution in [0.3, 0.4) is 0 Å². The van der Waals surface area contributed by atoms with Gasteiger partial charge in [0, 0.05) is 19.3 Å². The van der Waals surface area contributed by atoms with Crippen molar-refractivity contribution < 1.29 is 9.90 Å². The summed E-state index contributed by atoms with van der Waals surface area (Å²) >= 11 is 0. The molecule has 0 spiro atoms. The normalized spacial score (nSPS) is 16.0. The van der Waals surface area contributed by atoms with Gasteiger partial charge in [0.1, 0.15) is 5.52 Å². The van der Waals surface area contributed by atoms with Crippen molar-refractivity contribution in [1.29, 1.82) is 0 Å². The Morgan fingerprint density at radius 2 is 2.12 bits per heavy atom. The van der Waals surface area contributed by atoms with Crippen molar-refractivity contribution in [1.82, 2.24) is 29.6 Å². The van der Waals surface area contributed by atoms with Crippen molar-refractivity contribution in [3.8, 4) is 0 Å². The van der Waals surface area contributed by atoms with E-state index in [4.69, 9.17) is 0 Å². The van der Waals surface area contributed by atoms with E-state index in [0.717, 1.165) is 37.4 Å². The first kappa shape index (κ1) is 14.6. The second-order valence-electron chi connectivity index (χ2n) is 5.96. The van der Waals surface area contributed by atoms with Gasteiger partial charge in [-0.3, -0.25) is 0 Å². The van der Waals surface area contributed by atoms with Gasteiger partial charge >= 0.3 is 5.97 Å². The van der Waals surface area contributed by atoms with Crippen LogP contribution in [-0.2, 0) is 0 Å². The van der Waals surface area contributed by atoms with Gasteiger partial charge in [-0.15, -0.1) is 5.10 Å². The van der Waals surface area contributed by atoms with E-state index in [1.165, 1.54) is 10.7 Å². The van der Waals surface area contributed by atoms with E-state index < -0.39 is 5.97 Å². The lowest BCUT2D eigenvalue weighted by Gasteiger charge is -2.32. The molecule has 1 aliphatic rings. The molecule has 0 aliphatic carbocycles. The highest BCUT2D eigenvalue weighted by Gasteiger charge is 2.24. The van der Waals surface area contributed by atoms with E-state index in [0.29, 0.717) is 11.6 Å². The number of carboxylic acid groups (broad SMARTS) is 1. The lowest BCUT2D eigenvalue weighted by atomic mass is 10.1. The molecule has 1 N–H and O–H groups in total. The monoisotopic (exact) mass is 327 g/mol. The Morgan fingerprint density at radius 3 is 2.79 bits per heavy atom. The van der Waals surface area contributed by atoms with E-state index in [1.54, 1.807) is 12.3 Å². The van der Waals surface area contributed by atoms with Gasteiger partial charge in [-0.2, -0.15) is 5.10 Å². The number of carbonyl (C=O) groups is 1. The molecule has 0 unspecified atom stereocenters. The summed E-state index contributed by atoms with van der Waals surface area (Å²) in [6.07, 6.45) is 6.80. The van der Waals surface area contributed by atoms with E-state index in [2.05, 4.69) is 25.3 Å². The third kappa shape index (κ3) is 2.38. The van der Waals surface area contributed by atoms with Gasteiger partial charge in [0.2, 0.25) is 0 Å². The molecule has 1 aliphatic heterocycles. The predicted molar refractivity (Wildman–Crippen MR) is 85.2 cm³/mol. The maximum atomic E-state index is 11.3. The molecule has 0 radical (unpaired) electrons. The topological polar surface area (TPSA) is 101 Å². The van der Waals surface area contributed by atoms with Crippen LogP contribution in [-0.4, -0.2) is 53.8 Å². The molecular formula is C15H17N7O2. The Kier molecular flexibility index (Phi) is 3.40. The van der Waals surface area contributed by atoms with Gasteiger partial charge in [-0.05, 0) is 25.8 Å². The molecule has 3 aromatic heterocycles. The zero-order valence-corrected chi connectivity index (χ0v) is 13.2. The molecule has 0 bridgehead atoms. The fourth-order valence-electron chi connectivity index (χ4n) is 3.18. The minimum absolute atomic E-state index is 0.0618. The van der Waals surface area contributed by atoms with Crippen molar-refractivity contribution in [2.75, 3.05) is 18.0 Å². The molecule has 3 aromatic rings. The first-order chi connectivity index (χ1) is 11.6.